The SMILES string of the molecule is Cc1cccc(C)c1C(=O)N1CCCC(C(C)N)C1. The van der Waals surface area contributed by atoms with Gasteiger partial charge in [0.15, 0.2) is 0 Å². The minimum Gasteiger partial charge on any atom is -0.338 e. The second kappa shape index (κ2) is 5.74. The molecule has 3 heteroatoms. The molecule has 0 spiro atoms. The molecule has 0 saturated carbocycles. The van der Waals surface area contributed by atoms with E-state index in [1.165, 1.54) is 0 Å². The van der Waals surface area contributed by atoms with E-state index >= 15 is 0 Å². The summed E-state index contributed by atoms with van der Waals surface area (Å²) in [6.07, 6.45) is 2.19. The van der Waals surface area contributed by atoms with E-state index in [4.69, 9.17) is 5.73 Å². The number of carbonyl (C=O) groups excluding carboxylic acids is 1. The number of likely N-dealkylation sites (tertiary alicyclic amines) is 1. The maximum absolute atomic E-state index is 12.7. The summed E-state index contributed by atoms with van der Waals surface area (Å²) >= 11 is 0. The molecule has 1 heterocycles. The average Bonchev–Trinajstić information content (AvgIpc) is 2.38. The lowest BCUT2D eigenvalue weighted by Gasteiger charge is -2.35. The molecule has 0 bridgehead atoms. The van der Waals surface area contributed by atoms with Crippen LogP contribution in [0.4, 0.5) is 0 Å². The van der Waals surface area contributed by atoms with Gasteiger partial charge in [-0.25, -0.2) is 0 Å². The summed E-state index contributed by atoms with van der Waals surface area (Å²) in [6.45, 7) is 7.71. The van der Waals surface area contributed by atoms with Crippen molar-refractivity contribution in [2.45, 2.75) is 39.7 Å². The molecular formula is C16H24N2O. The van der Waals surface area contributed by atoms with Gasteiger partial charge in [0.2, 0.25) is 0 Å². The van der Waals surface area contributed by atoms with E-state index in [0.29, 0.717) is 5.92 Å². The lowest BCUT2D eigenvalue weighted by molar-refractivity contribution is 0.0659. The van der Waals surface area contributed by atoms with Crippen LogP contribution < -0.4 is 5.73 Å². The van der Waals surface area contributed by atoms with Gasteiger partial charge in [0, 0.05) is 24.7 Å². The number of nitrogens with two attached hydrogens (primary N) is 1. The predicted octanol–water partition coefficient (Wildman–Crippen LogP) is 2.50. The van der Waals surface area contributed by atoms with Crippen LogP contribution in [-0.2, 0) is 0 Å². The third-order valence-electron chi connectivity index (χ3n) is 4.18. The Bertz CT molecular complexity index is 448. The first-order valence-corrected chi connectivity index (χ1v) is 7.11. The lowest BCUT2D eigenvalue weighted by Crippen LogP contribution is -2.45. The minimum absolute atomic E-state index is 0.161. The van der Waals surface area contributed by atoms with Gasteiger partial charge >= 0.3 is 0 Å². The zero-order valence-corrected chi connectivity index (χ0v) is 12.1. The third kappa shape index (κ3) is 2.98. The summed E-state index contributed by atoms with van der Waals surface area (Å²) in [6, 6.07) is 6.18. The fourth-order valence-electron chi connectivity index (χ4n) is 2.93. The molecule has 3 nitrogen and oxygen atoms in total. The van der Waals surface area contributed by atoms with Crippen LogP contribution in [0.3, 0.4) is 0 Å². The summed E-state index contributed by atoms with van der Waals surface area (Å²) in [5.74, 6) is 0.600. The van der Waals surface area contributed by atoms with Crippen molar-refractivity contribution < 1.29 is 4.79 Å². The average molecular weight is 260 g/mol. The highest BCUT2D eigenvalue weighted by atomic mass is 16.2. The van der Waals surface area contributed by atoms with Crippen molar-refractivity contribution in [3.63, 3.8) is 0 Å². The molecule has 2 rings (SSSR count). The number of nitrogens with zero attached hydrogens (tertiary/aromatic N) is 1. The van der Waals surface area contributed by atoms with E-state index in [-0.39, 0.29) is 11.9 Å². The summed E-state index contributed by atoms with van der Waals surface area (Å²) in [7, 11) is 0. The van der Waals surface area contributed by atoms with Gasteiger partial charge in [-0.15, -0.1) is 0 Å². The molecule has 1 saturated heterocycles. The highest BCUT2D eigenvalue weighted by Gasteiger charge is 2.27. The fourth-order valence-corrected chi connectivity index (χ4v) is 2.93. The van der Waals surface area contributed by atoms with E-state index in [1.54, 1.807) is 0 Å². The van der Waals surface area contributed by atoms with Crippen LogP contribution in [0.25, 0.3) is 0 Å². The monoisotopic (exact) mass is 260 g/mol. The molecule has 1 aromatic rings. The molecule has 2 unspecified atom stereocenters. The summed E-state index contributed by atoms with van der Waals surface area (Å²) in [4.78, 5) is 14.7. The van der Waals surface area contributed by atoms with Gasteiger partial charge in [-0.3, -0.25) is 4.79 Å². The zero-order valence-electron chi connectivity index (χ0n) is 12.1. The van der Waals surface area contributed by atoms with Crippen molar-refractivity contribution in [3.8, 4) is 0 Å². The minimum atomic E-state index is 0.161. The summed E-state index contributed by atoms with van der Waals surface area (Å²) in [5, 5.41) is 0. The third-order valence-corrected chi connectivity index (χ3v) is 4.18. The summed E-state index contributed by atoms with van der Waals surface area (Å²) < 4.78 is 0. The van der Waals surface area contributed by atoms with E-state index < -0.39 is 0 Å². The Hall–Kier alpha value is -1.35. The Morgan fingerprint density at radius 1 is 1.37 bits per heavy atom. The lowest BCUT2D eigenvalue weighted by atomic mass is 9.91. The first kappa shape index (κ1) is 14.1. The van der Waals surface area contributed by atoms with Gasteiger partial charge in [0.25, 0.3) is 5.91 Å². The van der Waals surface area contributed by atoms with Crippen molar-refractivity contribution >= 4 is 5.91 Å². The van der Waals surface area contributed by atoms with Gasteiger partial charge in [0.1, 0.15) is 0 Å². The largest absolute Gasteiger partial charge is 0.338 e. The number of carbonyl (C=O) groups is 1. The van der Waals surface area contributed by atoms with Crippen molar-refractivity contribution in [1.29, 1.82) is 0 Å². The first-order chi connectivity index (χ1) is 9.00. The van der Waals surface area contributed by atoms with E-state index in [1.807, 2.05) is 43.9 Å². The number of hydrogen-bond donors (Lipinski definition) is 1. The molecule has 1 amide bonds. The number of benzene rings is 1. The molecule has 2 atom stereocenters. The number of piperidine rings is 1. The van der Waals surface area contributed by atoms with Crippen molar-refractivity contribution in [2.24, 2.45) is 11.7 Å². The molecule has 1 aromatic carbocycles. The molecule has 1 aliphatic heterocycles. The van der Waals surface area contributed by atoms with Crippen molar-refractivity contribution in [2.75, 3.05) is 13.1 Å². The maximum Gasteiger partial charge on any atom is 0.254 e. The Balaban J connectivity index is 2.20. The second-order valence-corrected chi connectivity index (χ2v) is 5.78. The Kier molecular flexibility index (Phi) is 4.25. The Morgan fingerprint density at radius 3 is 2.58 bits per heavy atom. The Morgan fingerprint density at radius 2 is 2.00 bits per heavy atom. The highest BCUT2D eigenvalue weighted by Crippen LogP contribution is 2.23. The fraction of sp³-hybridized carbons (Fsp3) is 0.562. The maximum atomic E-state index is 12.7. The van der Waals surface area contributed by atoms with E-state index in [9.17, 15) is 4.79 Å². The topological polar surface area (TPSA) is 46.3 Å². The number of hydrogen-bond acceptors (Lipinski definition) is 2. The quantitative estimate of drug-likeness (QED) is 0.888. The van der Waals surface area contributed by atoms with Crippen LogP contribution in [0.15, 0.2) is 18.2 Å². The second-order valence-electron chi connectivity index (χ2n) is 5.78. The normalized spacial score (nSPS) is 21.3. The molecule has 2 N–H and O–H groups in total. The van der Waals surface area contributed by atoms with Gasteiger partial charge < -0.3 is 10.6 Å². The van der Waals surface area contributed by atoms with Crippen LogP contribution >= 0.6 is 0 Å². The van der Waals surface area contributed by atoms with Crippen LogP contribution in [0.2, 0.25) is 0 Å². The smallest absolute Gasteiger partial charge is 0.254 e. The number of rotatable bonds is 2. The predicted molar refractivity (Wildman–Crippen MR) is 78.2 cm³/mol. The van der Waals surface area contributed by atoms with E-state index in [2.05, 4.69) is 0 Å². The number of amides is 1. The van der Waals surface area contributed by atoms with Gasteiger partial charge in [-0.1, -0.05) is 18.2 Å². The van der Waals surface area contributed by atoms with Crippen LogP contribution in [-0.4, -0.2) is 29.9 Å². The molecule has 19 heavy (non-hydrogen) atoms. The number of aryl methyl sites for hydroxylation is 2. The first-order valence-electron chi connectivity index (χ1n) is 7.11. The van der Waals surface area contributed by atoms with Gasteiger partial charge in [-0.05, 0) is 50.7 Å². The zero-order chi connectivity index (χ0) is 14.0. The molecule has 0 radical (unpaired) electrons. The Labute approximate surface area is 115 Å². The highest BCUT2D eigenvalue weighted by molar-refractivity contribution is 5.97. The molecule has 1 aliphatic rings. The van der Waals surface area contributed by atoms with Crippen LogP contribution in [0.5, 0.6) is 0 Å². The molecule has 104 valence electrons. The van der Waals surface area contributed by atoms with Crippen molar-refractivity contribution in [3.05, 3.63) is 34.9 Å². The molecule has 1 fully saturated rings. The summed E-state index contributed by atoms with van der Waals surface area (Å²) in [5.41, 5.74) is 8.98. The molecule has 0 aliphatic carbocycles. The van der Waals surface area contributed by atoms with Gasteiger partial charge in [0.05, 0.1) is 0 Å². The molecular weight excluding hydrogens is 236 g/mol. The van der Waals surface area contributed by atoms with Crippen molar-refractivity contribution in [1.82, 2.24) is 4.90 Å². The standard InChI is InChI=1S/C16H24N2O/c1-11-6-4-7-12(2)15(11)16(19)18-9-5-8-14(10-18)13(3)17/h4,6-7,13-14H,5,8-10,17H2,1-3H3. The van der Waals surface area contributed by atoms with E-state index in [0.717, 1.165) is 42.6 Å². The van der Waals surface area contributed by atoms with Gasteiger partial charge in [-0.2, -0.15) is 0 Å². The molecule has 0 aromatic heterocycles. The van der Waals surface area contributed by atoms with Crippen LogP contribution in [0.1, 0.15) is 41.3 Å². The van der Waals surface area contributed by atoms with Crippen LogP contribution in [0, 0.1) is 19.8 Å².